The zero-order valence-corrected chi connectivity index (χ0v) is 11.6. The van der Waals surface area contributed by atoms with Crippen LogP contribution in [-0.4, -0.2) is 31.4 Å². The molecule has 1 heterocycles. The first kappa shape index (κ1) is 14.2. The normalized spacial score (nSPS) is 18.0. The standard InChI is InChI=1S/C14H17ClO4/c1-18-12-3-2-11(15)8-10(12)9-14(13(16)17)4-6-19-7-5-14/h2-3,8H,4-7,9H2,1H3,(H,16,17). The Labute approximate surface area is 117 Å². The Bertz CT molecular complexity index is 467. The molecule has 1 N–H and O–H groups in total. The van der Waals surface area contributed by atoms with E-state index < -0.39 is 11.4 Å². The molecule has 1 aliphatic rings. The SMILES string of the molecule is COc1ccc(Cl)cc1CC1(C(=O)O)CCOCC1. The highest BCUT2D eigenvalue weighted by atomic mass is 35.5. The van der Waals surface area contributed by atoms with Crippen LogP contribution in [0.15, 0.2) is 18.2 Å². The molecule has 1 fully saturated rings. The average molecular weight is 285 g/mol. The van der Waals surface area contributed by atoms with Gasteiger partial charge in [-0.05, 0) is 43.0 Å². The number of rotatable bonds is 4. The highest BCUT2D eigenvalue weighted by molar-refractivity contribution is 6.30. The van der Waals surface area contributed by atoms with Gasteiger partial charge in [-0.15, -0.1) is 0 Å². The lowest BCUT2D eigenvalue weighted by Gasteiger charge is -2.33. The zero-order chi connectivity index (χ0) is 13.9. The fourth-order valence-electron chi connectivity index (χ4n) is 2.48. The first-order chi connectivity index (χ1) is 9.07. The first-order valence-corrected chi connectivity index (χ1v) is 6.59. The monoisotopic (exact) mass is 284 g/mol. The predicted octanol–water partition coefficient (Wildman–Crippen LogP) is 2.77. The van der Waals surface area contributed by atoms with Gasteiger partial charge >= 0.3 is 5.97 Å². The minimum Gasteiger partial charge on any atom is -0.496 e. The maximum atomic E-state index is 11.6. The number of hydrogen-bond donors (Lipinski definition) is 1. The molecule has 0 saturated carbocycles. The van der Waals surface area contributed by atoms with Crippen molar-refractivity contribution in [3.63, 3.8) is 0 Å². The Morgan fingerprint density at radius 3 is 2.74 bits per heavy atom. The summed E-state index contributed by atoms with van der Waals surface area (Å²) in [5, 5.41) is 10.1. The van der Waals surface area contributed by atoms with Crippen LogP contribution in [0.1, 0.15) is 18.4 Å². The van der Waals surface area contributed by atoms with E-state index in [4.69, 9.17) is 21.1 Å². The third-order valence-corrected chi connectivity index (χ3v) is 3.91. The summed E-state index contributed by atoms with van der Waals surface area (Å²) in [6, 6.07) is 5.29. The summed E-state index contributed by atoms with van der Waals surface area (Å²) < 4.78 is 10.6. The number of hydrogen-bond acceptors (Lipinski definition) is 3. The van der Waals surface area contributed by atoms with Crippen LogP contribution in [0.4, 0.5) is 0 Å². The molecule has 5 heteroatoms. The number of aliphatic carboxylic acids is 1. The number of methoxy groups -OCH3 is 1. The van der Waals surface area contributed by atoms with Crippen molar-refractivity contribution in [2.75, 3.05) is 20.3 Å². The lowest BCUT2D eigenvalue weighted by Crippen LogP contribution is -2.39. The van der Waals surface area contributed by atoms with Gasteiger partial charge in [-0.2, -0.15) is 0 Å². The zero-order valence-electron chi connectivity index (χ0n) is 10.8. The van der Waals surface area contributed by atoms with Crippen molar-refractivity contribution in [1.29, 1.82) is 0 Å². The summed E-state index contributed by atoms with van der Waals surface area (Å²) in [5.41, 5.74) is 0.0511. The Hall–Kier alpha value is -1.26. The van der Waals surface area contributed by atoms with Gasteiger partial charge in [0.1, 0.15) is 5.75 Å². The van der Waals surface area contributed by atoms with Crippen LogP contribution in [0.3, 0.4) is 0 Å². The van der Waals surface area contributed by atoms with Crippen molar-refractivity contribution in [2.45, 2.75) is 19.3 Å². The topological polar surface area (TPSA) is 55.8 Å². The maximum absolute atomic E-state index is 11.6. The highest BCUT2D eigenvalue weighted by Crippen LogP contribution is 2.37. The second kappa shape index (κ2) is 5.80. The molecular weight excluding hydrogens is 268 g/mol. The van der Waals surface area contributed by atoms with Gasteiger partial charge in [0.2, 0.25) is 0 Å². The van der Waals surface area contributed by atoms with Gasteiger partial charge in [0.15, 0.2) is 0 Å². The summed E-state index contributed by atoms with van der Waals surface area (Å²) in [5.74, 6) is -0.102. The van der Waals surface area contributed by atoms with Gasteiger partial charge in [-0.25, -0.2) is 0 Å². The quantitative estimate of drug-likeness (QED) is 0.924. The van der Waals surface area contributed by atoms with E-state index in [-0.39, 0.29) is 0 Å². The molecule has 0 unspecified atom stereocenters. The molecule has 1 aliphatic heterocycles. The van der Waals surface area contributed by atoms with Gasteiger partial charge in [-0.1, -0.05) is 11.6 Å². The van der Waals surface area contributed by atoms with Crippen LogP contribution in [0.2, 0.25) is 5.02 Å². The molecule has 4 nitrogen and oxygen atoms in total. The van der Waals surface area contributed by atoms with Crippen molar-refractivity contribution < 1.29 is 19.4 Å². The molecule has 19 heavy (non-hydrogen) atoms. The second-order valence-electron chi connectivity index (χ2n) is 4.83. The largest absolute Gasteiger partial charge is 0.496 e. The molecule has 1 saturated heterocycles. The van der Waals surface area contributed by atoms with E-state index in [0.29, 0.717) is 43.2 Å². The molecule has 0 aromatic heterocycles. The lowest BCUT2D eigenvalue weighted by atomic mass is 9.75. The fourth-order valence-corrected chi connectivity index (χ4v) is 2.67. The molecule has 0 atom stereocenters. The molecule has 0 amide bonds. The van der Waals surface area contributed by atoms with E-state index in [9.17, 15) is 9.90 Å². The third kappa shape index (κ3) is 3.01. The van der Waals surface area contributed by atoms with E-state index in [2.05, 4.69) is 0 Å². The van der Waals surface area contributed by atoms with Crippen LogP contribution in [0.25, 0.3) is 0 Å². The van der Waals surface area contributed by atoms with Gasteiger partial charge < -0.3 is 14.6 Å². The second-order valence-corrected chi connectivity index (χ2v) is 5.27. The van der Waals surface area contributed by atoms with Crippen LogP contribution < -0.4 is 4.74 Å². The Kier molecular flexibility index (Phi) is 4.32. The summed E-state index contributed by atoms with van der Waals surface area (Å²) in [6.45, 7) is 0.963. The molecule has 0 radical (unpaired) electrons. The molecule has 0 bridgehead atoms. The molecule has 2 rings (SSSR count). The molecule has 0 aliphatic carbocycles. The average Bonchev–Trinajstić information content (AvgIpc) is 2.40. The van der Waals surface area contributed by atoms with Crippen molar-refractivity contribution in [3.8, 4) is 5.75 Å². The molecule has 104 valence electrons. The molecule has 1 aromatic carbocycles. The number of carboxylic acids is 1. The van der Waals surface area contributed by atoms with Crippen LogP contribution in [0, 0.1) is 5.41 Å². The number of ether oxygens (including phenoxy) is 2. The maximum Gasteiger partial charge on any atom is 0.310 e. The number of carboxylic acid groups (broad SMARTS) is 1. The smallest absolute Gasteiger partial charge is 0.310 e. The van der Waals surface area contributed by atoms with Crippen LogP contribution in [-0.2, 0) is 16.0 Å². The number of carbonyl (C=O) groups is 1. The van der Waals surface area contributed by atoms with Crippen LogP contribution in [0.5, 0.6) is 5.75 Å². The summed E-state index contributed by atoms with van der Waals surface area (Å²) in [7, 11) is 1.57. The van der Waals surface area contributed by atoms with E-state index in [0.717, 1.165) is 5.56 Å². The van der Waals surface area contributed by atoms with Crippen molar-refractivity contribution in [1.82, 2.24) is 0 Å². The molecule has 1 aromatic rings. The highest BCUT2D eigenvalue weighted by Gasteiger charge is 2.40. The van der Waals surface area contributed by atoms with E-state index >= 15 is 0 Å². The van der Waals surface area contributed by atoms with Gasteiger partial charge in [0.05, 0.1) is 12.5 Å². The Balaban J connectivity index is 2.31. The third-order valence-electron chi connectivity index (χ3n) is 3.67. The summed E-state index contributed by atoms with van der Waals surface area (Å²) in [6.07, 6.45) is 1.44. The minimum atomic E-state index is -0.782. The van der Waals surface area contributed by atoms with Crippen molar-refractivity contribution >= 4 is 17.6 Å². The summed E-state index contributed by atoms with van der Waals surface area (Å²) in [4.78, 5) is 11.6. The molecule has 0 spiro atoms. The van der Waals surface area contributed by atoms with E-state index in [1.807, 2.05) is 0 Å². The fraction of sp³-hybridized carbons (Fsp3) is 0.500. The summed E-state index contributed by atoms with van der Waals surface area (Å²) >= 11 is 5.99. The van der Waals surface area contributed by atoms with Gasteiger partial charge in [0.25, 0.3) is 0 Å². The van der Waals surface area contributed by atoms with E-state index in [1.54, 1.807) is 25.3 Å². The van der Waals surface area contributed by atoms with Crippen molar-refractivity contribution in [2.24, 2.45) is 5.41 Å². The first-order valence-electron chi connectivity index (χ1n) is 6.21. The van der Waals surface area contributed by atoms with E-state index in [1.165, 1.54) is 0 Å². The lowest BCUT2D eigenvalue weighted by molar-refractivity contribution is -0.154. The predicted molar refractivity (Wildman–Crippen MR) is 71.8 cm³/mol. The Morgan fingerprint density at radius 2 is 2.16 bits per heavy atom. The van der Waals surface area contributed by atoms with Gasteiger partial charge in [-0.3, -0.25) is 4.79 Å². The van der Waals surface area contributed by atoms with Gasteiger partial charge in [0, 0.05) is 18.2 Å². The molecular formula is C14H17ClO4. The minimum absolute atomic E-state index is 0.412. The van der Waals surface area contributed by atoms with Crippen LogP contribution >= 0.6 is 11.6 Å². The number of benzene rings is 1. The van der Waals surface area contributed by atoms with Crippen molar-refractivity contribution in [3.05, 3.63) is 28.8 Å². The Morgan fingerprint density at radius 1 is 1.47 bits per heavy atom. The number of halogens is 1.